The van der Waals surface area contributed by atoms with E-state index < -0.39 is 0 Å². The van der Waals surface area contributed by atoms with Crippen molar-refractivity contribution in [3.05, 3.63) is 47.7 Å². The van der Waals surface area contributed by atoms with Crippen LogP contribution in [0.5, 0.6) is 0 Å². The Hall–Kier alpha value is -2.18. The Morgan fingerprint density at radius 1 is 1.26 bits per heavy atom. The Bertz CT molecular complexity index is 778. The van der Waals surface area contributed by atoms with Crippen molar-refractivity contribution in [3.8, 4) is 0 Å². The number of carbonyl (C=O) groups excluding carboxylic acids is 1. The predicted molar refractivity (Wildman–Crippen MR) is 109 cm³/mol. The molecule has 0 bridgehead atoms. The Balaban J connectivity index is 1.65. The number of nitrogens with two attached hydrogens (primary N) is 1. The molecule has 27 heavy (non-hydrogen) atoms. The molecule has 3 rings (SSSR count). The zero-order valence-electron chi connectivity index (χ0n) is 16.8. The minimum absolute atomic E-state index is 0.00937. The van der Waals surface area contributed by atoms with Gasteiger partial charge in [0.25, 0.3) is 0 Å². The maximum absolute atomic E-state index is 12.7. The highest BCUT2D eigenvalue weighted by molar-refractivity contribution is 5.91. The molecule has 1 saturated heterocycles. The Labute approximate surface area is 161 Å². The Morgan fingerprint density at radius 3 is 2.59 bits per heavy atom. The van der Waals surface area contributed by atoms with E-state index in [2.05, 4.69) is 60.4 Å². The summed E-state index contributed by atoms with van der Waals surface area (Å²) in [6.45, 7) is 10.9. The molecule has 2 atom stereocenters. The van der Waals surface area contributed by atoms with Crippen molar-refractivity contribution in [3.63, 3.8) is 0 Å². The first kappa shape index (κ1) is 19.6. The van der Waals surface area contributed by atoms with Gasteiger partial charge in [-0.25, -0.2) is 4.68 Å². The number of anilines is 1. The van der Waals surface area contributed by atoms with E-state index in [-0.39, 0.29) is 11.4 Å². The number of benzene rings is 1. The van der Waals surface area contributed by atoms with E-state index in [1.807, 2.05) is 23.7 Å². The van der Waals surface area contributed by atoms with Gasteiger partial charge in [0, 0.05) is 25.1 Å². The summed E-state index contributed by atoms with van der Waals surface area (Å²) in [6.07, 6.45) is 0. The summed E-state index contributed by atoms with van der Waals surface area (Å²) in [5.41, 5.74) is 8.02. The third kappa shape index (κ3) is 4.57. The van der Waals surface area contributed by atoms with Crippen molar-refractivity contribution < 1.29 is 4.79 Å². The number of hydrogen-bond donors (Lipinski definition) is 2. The zero-order chi connectivity index (χ0) is 19.6. The Kier molecular flexibility index (Phi) is 5.67. The molecule has 146 valence electrons. The Morgan fingerprint density at radius 2 is 1.96 bits per heavy atom. The van der Waals surface area contributed by atoms with E-state index in [1.165, 1.54) is 5.56 Å². The molecule has 6 heteroatoms. The summed E-state index contributed by atoms with van der Waals surface area (Å²) in [5.74, 6) is 1.50. The summed E-state index contributed by atoms with van der Waals surface area (Å²) in [5, 5.41) is 7.56. The van der Waals surface area contributed by atoms with Crippen LogP contribution >= 0.6 is 0 Å². The molecule has 1 amide bonds. The molecular weight excluding hydrogens is 338 g/mol. The summed E-state index contributed by atoms with van der Waals surface area (Å²) in [4.78, 5) is 14.9. The molecule has 2 heterocycles. The van der Waals surface area contributed by atoms with Gasteiger partial charge in [-0.3, -0.25) is 9.69 Å². The first-order chi connectivity index (χ1) is 12.8. The summed E-state index contributed by atoms with van der Waals surface area (Å²) >= 11 is 0. The quantitative estimate of drug-likeness (QED) is 0.849. The number of likely N-dealkylation sites (tertiary alicyclic amines) is 1. The highest BCUT2D eigenvalue weighted by Gasteiger charge is 2.33. The number of carbonyl (C=O) groups is 1. The van der Waals surface area contributed by atoms with Gasteiger partial charge < -0.3 is 11.1 Å². The fourth-order valence-electron chi connectivity index (χ4n) is 3.89. The van der Waals surface area contributed by atoms with Crippen LogP contribution in [0.4, 0.5) is 5.82 Å². The van der Waals surface area contributed by atoms with Crippen LogP contribution in [-0.2, 0) is 10.3 Å². The monoisotopic (exact) mass is 369 g/mol. The van der Waals surface area contributed by atoms with Crippen LogP contribution in [0, 0.1) is 12.8 Å². The minimum atomic E-state index is -0.187. The lowest BCUT2D eigenvalue weighted by atomic mass is 9.89. The van der Waals surface area contributed by atoms with Crippen LogP contribution in [0.2, 0.25) is 0 Å². The average molecular weight is 370 g/mol. The smallest absolute Gasteiger partial charge is 0.239 e. The second-order valence-electron chi connectivity index (χ2n) is 8.51. The molecule has 0 unspecified atom stereocenters. The summed E-state index contributed by atoms with van der Waals surface area (Å²) < 4.78 is 1.87. The largest absolute Gasteiger partial charge is 0.330 e. The SMILES string of the molecule is Cc1cc(NC(=O)CN2C[C@@H](CN)[C@H](c3ccccc3)C2)n(C(C)(C)C)n1. The zero-order valence-corrected chi connectivity index (χ0v) is 16.8. The van der Waals surface area contributed by atoms with Crippen LogP contribution in [0.15, 0.2) is 36.4 Å². The van der Waals surface area contributed by atoms with E-state index in [9.17, 15) is 4.79 Å². The fraction of sp³-hybridized carbons (Fsp3) is 0.524. The van der Waals surface area contributed by atoms with Crippen molar-refractivity contribution in [2.24, 2.45) is 11.7 Å². The standard InChI is InChI=1S/C21H31N5O/c1-15-10-19(26(24-15)21(2,3)4)23-20(27)14-25-12-17(11-22)18(13-25)16-8-6-5-7-9-16/h5-10,17-18H,11-14,22H2,1-4H3,(H,23,27)/t17-,18+/m1/s1. The van der Waals surface area contributed by atoms with Crippen molar-refractivity contribution in [1.82, 2.24) is 14.7 Å². The van der Waals surface area contributed by atoms with Gasteiger partial charge >= 0.3 is 0 Å². The second kappa shape index (κ2) is 7.82. The number of aromatic nitrogens is 2. The van der Waals surface area contributed by atoms with E-state index in [4.69, 9.17) is 5.73 Å². The normalized spacial score (nSPS) is 20.8. The average Bonchev–Trinajstić information content (AvgIpc) is 3.18. The van der Waals surface area contributed by atoms with Crippen LogP contribution < -0.4 is 11.1 Å². The molecule has 0 aliphatic carbocycles. The maximum atomic E-state index is 12.7. The first-order valence-corrected chi connectivity index (χ1v) is 9.62. The molecule has 0 spiro atoms. The third-order valence-corrected chi connectivity index (χ3v) is 5.15. The van der Waals surface area contributed by atoms with Gasteiger partial charge in [-0.05, 0) is 45.7 Å². The van der Waals surface area contributed by atoms with Crippen molar-refractivity contribution in [2.45, 2.75) is 39.2 Å². The predicted octanol–water partition coefficient (Wildman–Crippen LogP) is 2.56. The van der Waals surface area contributed by atoms with Crippen LogP contribution in [0.3, 0.4) is 0 Å². The van der Waals surface area contributed by atoms with Gasteiger partial charge in [0.05, 0.1) is 17.8 Å². The maximum Gasteiger partial charge on any atom is 0.239 e. The van der Waals surface area contributed by atoms with Gasteiger partial charge in [0.15, 0.2) is 0 Å². The molecule has 2 aromatic rings. The molecule has 1 aromatic heterocycles. The van der Waals surface area contributed by atoms with Crippen molar-refractivity contribution >= 4 is 11.7 Å². The van der Waals surface area contributed by atoms with Gasteiger partial charge in [0.2, 0.25) is 5.91 Å². The van der Waals surface area contributed by atoms with E-state index in [1.54, 1.807) is 0 Å². The topological polar surface area (TPSA) is 76.2 Å². The number of nitrogens with one attached hydrogen (secondary N) is 1. The lowest BCUT2D eigenvalue weighted by Crippen LogP contribution is -2.34. The molecule has 0 saturated carbocycles. The molecule has 3 N–H and O–H groups in total. The van der Waals surface area contributed by atoms with Crippen molar-refractivity contribution in [2.75, 3.05) is 31.5 Å². The van der Waals surface area contributed by atoms with E-state index in [0.717, 1.165) is 24.6 Å². The highest BCUT2D eigenvalue weighted by Crippen LogP contribution is 2.31. The number of aryl methyl sites for hydroxylation is 1. The first-order valence-electron chi connectivity index (χ1n) is 9.62. The third-order valence-electron chi connectivity index (χ3n) is 5.15. The van der Waals surface area contributed by atoms with Gasteiger partial charge in [-0.1, -0.05) is 30.3 Å². The molecule has 6 nitrogen and oxygen atoms in total. The van der Waals surface area contributed by atoms with E-state index >= 15 is 0 Å². The van der Waals surface area contributed by atoms with Gasteiger partial charge in [0.1, 0.15) is 5.82 Å². The molecule has 1 aromatic carbocycles. The summed E-state index contributed by atoms with van der Waals surface area (Å²) in [6, 6.07) is 12.4. The minimum Gasteiger partial charge on any atom is -0.330 e. The molecule has 1 aliphatic rings. The number of nitrogens with zero attached hydrogens (tertiary/aromatic N) is 3. The number of amides is 1. The van der Waals surface area contributed by atoms with Crippen LogP contribution in [0.1, 0.15) is 37.9 Å². The van der Waals surface area contributed by atoms with E-state index in [0.29, 0.717) is 24.9 Å². The molecule has 1 aliphatic heterocycles. The highest BCUT2D eigenvalue weighted by atomic mass is 16.2. The second-order valence-corrected chi connectivity index (χ2v) is 8.51. The van der Waals surface area contributed by atoms with Crippen LogP contribution in [0.25, 0.3) is 0 Å². The van der Waals surface area contributed by atoms with Crippen molar-refractivity contribution in [1.29, 1.82) is 0 Å². The lowest BCUT2D eigenvalue weighted by Gasteiger charge is -2.23. The van der Waals surface area contributed by atoms with Gasteiger partial charge in [-0.2, -0.15) is 5.10 Å². The molecule has 0 radical (unpaired) electrons. The fourth-order valence-corrected chi connectivity index (χ4v) is 3.89. The number of rotatable bonds is 5. The van der Waals surface area contributed by atoms with Gasteiger partial charge in [-0.15, -0.1) is 0 Å². The number of hydrogen-bond acceptors (Lipinski definition) is 4. The molecule has 1 fully saturated rings. The van der Waals surface area contributed by atoms with Crippen LogP contribution in [-0.4, -0.2) is 46.8 Å². The lowest BCUT2D eigenvalue weighted by molar-refractivity contribution is -0.117. The molecular formula is C21H31N5O. The summed E-state index contributed by atoms with van der Waals surface area (Å²) in [7, 11) is 0.